The van der Waals surface area contributed by atoms with Crippen LogP contribution in [0.15, 0.2) is 0 Å². The molecule has 0 bridgehead atoms. The van der Waals surface area contributed by atoms with Crippen LogP contribution in [0.3, 0.4) is 0 Å². The van der Waals surface area contributed by atoms with Gasteiger partial charge in [0.25, 0.3) is 0 Å². The minimum Gasteiger partial charge on any atom is -0.366 e. The van der Waals surface area contributed by atoms with E-state index < -0.39 is 0 Å². The maximum atomic E-state index is 9.05. The summed E-state index contributed by atoms with van der Waals surface area (Å²) in [4.78, 5) is 0. The van der Waals surface area contributed by atoms with Crippen molar-refractivity contribution in [2.75, 3.05) is 25.0 Å². The Bertz CT molecular complexity index is 394. The van der Waals surface area contributed by atoms with Crippen molar-refractivity contribution in [2.45, 2.75) is 20.8 Å². The molecule has 86 valence electrons. The molecule has 0 aromatic carbocycles. The lowest BCUT2D eigenvalue weighted by Crippen LogP contribution is -2.22. The second-order valence-electron chi connectivity index (χ2n) is 3.53. The zero-order valence-corrected chi connectivity index (χ0v) is 9.96. The highest BCUT2D eigenvalue weighted by atomic mass is 15.2. The van der Waals surface area contributed by atoms with Crippen molar-refractivity contribution in [2.24, 2.45) is 0 Å². The number of nitrogens with one attached hydrogen (secondary N) is 2. The van der Waals surface area contributed by atoms with E-state index in [2.05, 4.69) is 33.8 Å². The number of likely N-dealkylation sites (N-methyl/N-ethyl adjacent to an activating group) is 1. The molecule has 1 aromatic heterocycles. The topological polar surface area (TPSA) is 73.6 Å². The van der Waals surface area contributed by atoms with Crippen molar-refractivity contribution in [1.29, 1.82) is 5.26 Å². The van der Waals surface area contributed by atoms with Gasteiger partial charge in [0.2, 0.25) is 0 Å². The summed E-state index contributed by atoms with van der Waals surface area (Å²) in [7, 11) is 0. The molecule has 2 N–H and O–H groups in total. The van der Waals surface area contributed by atoms with E-state index in [0.717, 1.165) is 30.9 Å². The molecule has 16 heavy (non-hydrogen) atoms. The Morgan fingerprint density at radius 1 is 1.25 bits per heavy atom. The molecule has 0 saturated carbocycles. The van der Waals surface area contributed by atoms with E-state index in [4.69, 9.17) is 5.26 Å². The van der Waals surface area contributed by atoms with Gasteiger partial charge in [-0.3, -0.25) is 0 Å². The van der Waals surface area contributed by atoms with Gasteiger partial charge in [0.1, 0.15) is 11.6 Å². The van der Waals surface area contributed by atoms with Gasteiger partial charge in [0.15, 0.2) is 5.82 Å². The van der Waals surface area contributed by atoms with Crippen molar-refractivity contribution >= 4 is 5.82 Å². The molecule has 0 radical (unpaired) electrons. The molecule has 1 heterocycles. The summed E-state index contributed by atoms with van der Waals surface area (Å²) < 4.78 is 0. The zero-order valence-electron chi connectivity index (χ0n) is 9.96. The van der Waals surface area contributed by atoms with E-state index in [0.29, 0.717) is 11.4 Å². The molecule has 5 nitrogen and oxygen atoms in total. The highest BCUT2D eigenvalue weighted by Gasteiger charge is 2.09. The Morgan fingerprint density at radius 3 is 2.62 bits per heavy atom. The molecule has 0 amide bonds. The number of hydrogen-bond donors (Lipinski definition) is 2. The normalized spacial score (nSPS) is 9.88. The SMILES string of the molecule is CCNCCNc1nnc(C)c(C)c1C#N. The van der Waals surface area contributed by atoms with Crippen LogP contribution in [0.2, 0.25) is 0 Å². The number of nitrogens with zero attached hydrogens (tertiary/aromatic N) is 3. The molecule has 0 aliphatic heterocycles. The van der Waals surface area contributed by atoms with Crippen LogP contribution in [-0.4, -0.2) is 29.8 Å². The predicted molar refractivity (Wildman–Crippen MR) is 63.3 cm³/mol. The second kappa shape index (κ2) is 6.03. The molecule has 0 fully saturated rings. The van der Waals surface area contributed by atoms with Crippen molar-refractivity contribution in [3.63, 3.8) is 0 Å². The van der Waals surface area contributed by atoms with E-state index in [1.807, 2.05) is 13.8 Å². The first-order valence-corrected chi connectivity index (χ1v) is 5.39. The van der Waals surface area contributed by atoms with Gasteiger partial charge in [-0.1, -0.05) is 6.92 Å². The van der Waals surface area contributed by atoms with Crippen LogP contribution in [0.1, 0.15) is 23.7 Å². The molecule has 0 spiro atoms. The fourth-order valence-corrected chi connectivity index (χ4v) is 1.32. The van der Waals surface area contributed by atoms with Crippen molar-refractivity contribution in [3.8, 4) is 6.07 Å². The average molecular weight is 219 g/mol. The summed E-state index contributed by atoms with van der Waals surface area (Å²) in [6, 6.07) is 2.16. The van der Waals surface area contributed by atoms with Gasteiger partial charge in [-0.05, 0) is 26.0 Å². The number of nitriles is 1. The van der Waals surface area contributed by atoms with Crippen LogP contribution in [0, 0.1) is 25.2 Å². The Balaban J connectivity index is 2.73. The Kier molecular flexibility index (Phi) is 4.67. The maximum Gasteiger partial charge on any atom is 0.166 e. The third-order valence-electron chi connectivity index (χ3n) is 2.41. The van der Waals surface area contributed by atoms with E-state index >= 15 is 0 Å². The Morgan fingerprint density at radius 2 is 2.00 bits per heavy atom. The van der Waals surface area contributed by atoms with Crippen molar-refractivity contribution in [3.05, 3.63) is 16.8 Å². The Hall–Kier alpha value is -1.67. The smallest absolute Gasteiger partial charge is 0.166 e. The van der Waals surface area contributed by atoms with E-state index in [9.17, 15) is 0 Å². The molecule has 1 aromatic rings. The quantitative estimate of drug-likeness (QED) is 0.722. The van der Waals surface area contributed by atoms with Gasteiger partial charge in [0, 0.05) is 13.1 Å². The predicted octanol–water partition coefficient (Wildman–Crippen LogP) is 0.987. The number of hydrogen-bond acceptors (Lipinski definition) is 5. The molecule has 0 unspecified atom stereocenters. The first-order chi connectivity index (χ1) is 7.70. The van der Waals surface area contributed by atoms with Gasteiger partial charge in [0.05, 0.1) is 5.69 Å². The molecule has 0 aliphatic carbocycles. The van der Waals surface area contributed by atoms with Gasteiger partial charge in [-0.15, -0.1) is 5.10 Å². The molecule has 5 heteroatoms. The van der Waals surface area contributed by atoms with Crippen LogP contribution in [-0.2, 0) is 0 Å². The summed E-state index contributed by atoms with van der Waals surface area (Å²) >= 11 is 0. The molecule has 0 saturated heterocycles. The molecule has 0 aliphatic rings. The van der Waals surface area contributed by atoms with Crippen LogP contribution < -0.4 is 10.6 Å². The monoisotopic (exact) mass is 219 g/mol. The summed E-state index contributed by atoms with van der Waals surface area (Å²) in [6.45, 7) is 8.31. The Labute approximate surface area is 95.9 Å². The largest absolute Gasteiger partial charge is 0.366 e. The van der Waals surface area contributed by atoms with Gasteiger partial charge in [-0.2, -0.15) is 10.4 Å². The lowest BCUT2D eigenvalue weighted by Gasteiger charge is -2.09. The van der Waals surface area contributed by atoms with Gasteiger partial charge >= 0.3 is 0 Å². The fraction of sp³-hybridized carbons (Fsp3) is 0.545. The maximum absolute atomic E-state index is 9.05. The van der Waals surface area contributed by atoms with E-state index in [1.54, 1.807) is 0 Å². The minimum absolute atomic E-state index is 0.573. The van der Waals surface area contributed by atoms with Gasteiger partial charge < -0.3 is 10.6 Å². The number of aromatic nitrogens is 2. The summed E-state index contributed by atoms with van der Waals surface area (Å²) in [5, 5.41) is 23.3. The standard InChI is InChI=1S/C11H17N5/c1-4-13-5-6-14-11-10(7-12)8(2)9(3)15-16-11/h13H,4-6H2,1-3H3,(H,14,16). The second-order valence-corrected chi connectivity index (χ2v) is 3.53. The highest BCUT2D eigenvalue weighted by Crippen LogP contribution is 2.16. The third kappa shape index (κ3) is 2.91. The minimum atomic E-state index is 0.573. The molecule has 1 rings (SSSR count). The van der Waals surface area contributed by atoms with E-state index in [1.165, 1.54) is 0 Å². The van der Waals surface area contributed by atoms with Crippen molar-refractivity contribution < 1.29 is 0 Å². The summed E-state index contributed by atoms with van der Waals surface area (Å²) in [5.41, 5.74) is 2.28. The van der Waals surface area contributed by atoms with Crippen LogP contribution in [0.4, 0.5) is 5.82 Å². The number of rotatable bonds is 5. The lowest BCUT2D eigenvalue weighted by atomic mass is 10.1. The first-order valence-electron chi connectivity index (χ1n) is 5.39. The summed E-state index contributed by atoms with van der Waals surface area (Å²) in [6.07, 6.45) is 0. The number of anilines is 1. The summed E-state index contributed by atoms with van der Waals surface area (Å²) in [5.74, 6) is 0.573. The van der Waals surface area contributed by atoms with Crippen LogP contribution in [0.25, 0.3) is 0 Å². The molecular formula is C11H17N5. The first kappa shape index (κ1) is 12.4. The number of aryl methyl sites for hydroxylation is 1. The average Bonchev–Trinajstić information content (AvgIpc) is 2.29. The highest BCUT2D eigenvalue weighted by molar-refractivity contribution is 5.55. The van der Waals surface area contributed by atoms with Crippen LogP contribution in [0.5, 0.6) is 0 Å². The van der Waals surface area contributed by atoms with Crippen LogP contribution >= 0.6 is 0 Å². The van der Waals surface area contributed by atoms with Crippen molar-refractivity contribution in [1.82, 2.24) is 15.5 Å². The van der Waals surface area contributed by atoms with Gasteiger partial charge in [-0.25, -0.2) is 0 Å². The zero-order chi connectivity index (χ0) is 12.0. The molecule has 0 atom stereocenters. The molecular weight excluding hydrogens is 202 g/mol. The fourth-order valence-electron chi connectivity index (χ4n) is 1.32. The van der Waals surface area contributed by atoms with E-state index in [-0.39, 0.29) is 0 Å². The third-order valence-corrected chi connectivity index (χ3v) is 2.41. The lowest BCUT2D eigenvalue weighted by molar-refractivity contribution is 0.736.